The van der Waals surface area contributed by atoms with E-state index in [1.165, 1.54) is 0 Å². The second-order valence-corrected chi connectivity index (χ2v) is 5.78. The summed E-state index contributed by atoms with van der Waals surface area (Å²) < 4.78 is 5.85. The molecule has 0 aliphatic carbocycles. The molecule has 2 aromatic carbocycles. The third-order valence-corrected chi connectivity index (χ3v) is 3.67. The fourth-order valence-corrected chi connectivity index (χ4v) is 2.80. The SMILES string of the molecule is C.CC(C)Oc1cccc(Cl)c1-c1ccc2c(c1)CC(=O)N2. The molecule has 0 fully saturated rings. The Balaban J connectivity index is 0.00000176. The number of fused-ring (bicyclic) bond motifs is 1. The molecule has 1 aliphatic rings. The van der Waals surface area contributed by atoms with Crippen LogP contribution in [0.1, 0.15) is 26.8 Å². The Bertz CT molecular complexity index is 710. The zero-order chi connectivity index (χ0) is 15.0. The van der Waals surface area contributed by atoms with Crippen molar-refractivity contribution in [1.29, 1.82) is 0 Å². The fourth-order valence-electron chi connectivity index (χ4n) is 2.52. The quantitative estimate of drug-likeness (QED) is 0.872. The molecule has 0 saturated heterocycles. The summed E-state index contributed by atoms with van der Waals surface area (Å²) in [5.41, 5.74) is 3.71. The number of ether oxygens (including phenoxy) is 1. The molecule has 4 heteroatoms. The maximum atomic E-state index is 11.5. The highest BCUT2D eigenvalue weighted by molar-refractivity contribution is 6.33. The molecule has 1 heterocycles. The second-order valence-electron chi connectivity index (χ2n) is 5.38. The third kappa shape index (κ3) is 3.09. The van der Waals surface area contributed by atoms with Crippen LogP contribution in [-0.4, -0.2) is 12.0 Å². The van der Waals surface area contributed by atoms with E-state index in [0.717, 1.165) is 28.1 Å². The summed E-state index contributed by atoms with van der Waals surface area (Å²) in [4.78, 5) is 11.5. The zero-order valence-corrected chi connectivity index (χ0v) is 12.7. The van der Waals surface area contributed by atoms with Crippen molar-refractivity contribution >= 4 is 23.2 Å². The van der Waals surface area contributed by atoms with Crippen LogP contribution in [0.3, 0.4) is 0 Å². The van der Waals surface area contributed by atoms with Gasteiger partial charge in [0, 0.05) is 11.3 Å². The van der Waals surface area contributed by atoms with Gasteiger partial charge in [-0.15, -0.1) is 0 Å². The van der Waals surface area contributed by atoms with Gasteiger partial charge in [0.25, 0.3) is 0 Å². The van der Waals surface area contributed by atoms with Crippen molar-refractivity contribution < 1.29 is 9.53 Å². The molecule has 0 spiro atoms. The van der Waals surface area contributed by atoms with E-state index in [2.05, 4.69) is 5.32 Å². The van der Waals surface area contributed by atoms with Crippen LogP contribution in [0.4, 0.5) is 5.69 Å². The summed E-state index contributed by atoms with van der Waals surface area (Å²) in [5, 5.41) is 3.48. The van der Waals surface area contributed by atoms with Crippen LogP contribution in [0.15, 0.2) is 36.4 Å². The number of hydrogen-bond acceptors (Lipinski definition) is 2. The Hall–Kier alpha value is -2.00. The maximum absolute atomic E-state index is 11.5. The molecule has 1 N–H and O–H groups in total. The lowest BCUT2D eigenvalue weighted by Gasteiger charge is -2.16. The van der Waals surface area contributed by atoms with Crippen molar-refractivity contribution in [2.75, 3.05) is 5.32 Å². The number of benzene rings is 2. The normalized spacial score (nSPS) is 12.6. The lowest BCUT2D eigenvalue weighted by Crippen LogP contribution is -2.06. The molecular weight excluding hydrogens is 298 g/mol. The minimum atomic E-state index is 0. The molecule has 0 saturated carbocycles. The highest BCUT2D eigenvalue weighted by Gasteiger charge is 2.19. The molecule has 0 bridgehead atoms. The minimum Gasteiger partial charge on any atom is -0.490 e. The van der Waals surface area contributed by atoms with Gasteiger partial charge in [0.1, 0.15) is 5.75 Å². The summed E-state index contributed by atoms with van der Waals surface area (Å²) in [6.45, 7) is 3.96. The third-order valence-electron chi connectivity index (χ3n) is 3.36. The van der Waals surface area contributed by atoms with Crippen molar-refractivity contribution in [2.24, 2.45) is 0 Å². The van der Waals surface area contributed by atoms with Gasteiger partial charge in [0.15, 0.2) is 0 Å². The smallest absolute Gasteiger partial charge is 0.228 e. The van der Waals surface area contributed by atoms with E-state index in [1.807, 2.05) is 50.2 Å². The Kier molecular flexibility index (Phi) is 4.77. The Morgan fingerprint density at radius 3 is 2.73 bits per heavy atom. The van der Waals surface area contributed by atoms with Gasteiger partial charge in [-0.25, -0.2) is 0 Å². The minimum absolute atomic E-state index is 0. The Morgan fingerprint density at radius 2 is 2.00 bits per heavy atom. The van der Waals surface area contributed by atoms with E-state index in [1.54, 1.807) is 0 Å². The van der Waals surface area contributed by atoms with E-state index in [-0.39, 0.29) is 19.4 Å². The van der Waals surface area contributed by atoms with Crippen molar-refractivity contribution in [3.05, 3.63) is 47.0 Å². The highest BCUT2D eigenvalue weighted by Crippen LogP contribution is 2.39. The number of amides is 1. The van der Waals surface area contributed by atoms with Gasteiger partial charge < -0.3 is 10.1 Å². The number of carbonyl (C=O) groups excluding carboxylic acids is 1. The molecule has 0 radical (unpaired) electrons. The molecule has 0 atom stereocenters. The largest absolute Gasteiger partial charge is 0.490 e. The highest BCUT2D eigenvalue weighted by atomic mass is 35.5. The van der Waals surface area contributed by atoms with Crippen molar-refractivity contribution in [2.45, 2.75) is 33.8 Å². The van der Waals surface area contributed by atoms with E-state index in [4.69, 9.17) is 16.3 Å². The molecule has 1 amide bonds. The van der Waals surface area contributed by atoms with Crippen LogP contribution in [0.2, 0.25) is 5.02 Å². The fraction of sp³-hybridized carbons (Fsp3) is 0.278. The molecule has 3 rings (SSSR count). The first-order valence-corrected chi connectivity index (χ1v) is 7.30. The maximum Gasteiger partial charge on any atom is 0.228 e. The number of hydrogen-bond donors (Lipinski definition) is 1. The number of carbonyl (C=O) groups is 1. The lowest BCUT2D eigenvalue weighted by molar-refractivity contribution is -0.115. The first-order valence-electron chi connectivity index (χ1n) is 6.93. The number of rotatable bonds is 3. The molecular formula is C18H20ClNO2. The predicted octanol–water partition coefficient (Wildman–Crippen LogP) is 4.92. The zero-order valence-electron chi connectivity index (χ0n) is 11.9. The van der Waals surface area contributed by atoms with E-state index in [9.17, 15) is 4.79 Å². The molecule has 0 unspecified atom stereocenters. The van der Waals surface area contributed by atoms with Crippen LogP contribution in [0, 0.1) is 0 Å². The molecule has 22 heavy (non-hydrogen) atoms. The van der Waals surface area contributed by atoms with E-state index in [0.29, 0.717) is 11.4 Å². The Labute approximate surface area is 136 Å². The van der Waals surface area contributed by atoms with Gasteiger partial charge in [-0.3, -0.25) is 4.79 Å². The van der Waals surface area contributed by atoms with E-state index >= 15 is 0 Å². The average Bonchev–Trinajstić information content (AvgIpc) is 2.77. The number of nitrogens with one attached hydrogen (secondary N) is 1. The topological polar surface area (TPSA) is 38.3 Å². The summed E-state index contributed by atoms with van der Waals surface area (Å²) in [6, 6.07) is 11.5. The van der Waals surface area contributed by atoms with Crippen LogP contribution in [0.5, 0.6) is 5.75 Å². The number of anilines is 1. The predicted molar refractivity (Wildman–Crippen MR) is 91.7 cm³/mol. The summed E-state index contributed by atoms with van der Waals surface area (Å²) in [6.07, 6.45) is 0.480. The first kappa shape index (κ1) is 16.4. The van der Waals surface area contributed by atoms with Gasteiger partial charge in [0.2, 0.25) is 5.91 Å². The summed E-state index contributed by atoms with van der Waals surface area (Å²) in [7, 11) is 0. The number of halogens is 1. The standard InChI is InChI=1S/C17H16ClNO2.CH4/c1-10(2)21-15-5-3-4-13(18)17(15)11-6-7-14-12(8-11)9-16(20)19-14;/h3-8,10H,9H2,1-2H3,(H,19,20);1H4. The van der Waals surface area contributed by atoms with Gasteiger partial charge in [-0.05, 0) is 49.2 Å². The van der Waals surface area contributed by atoms with Crippen LogP contribution < -0.4 is 10.1 Å². The van der Waals surface area contributed by atoms with Crippen molar-refractivity contribution in [3.8, 4) is 16.9 Å². The van der Waals surface area contributed by atoms with E-state index < -0.39 is 0 Å². The monoisotopic (exact) mass is 317 g/mol. The first-order chi connectivity index (χ1) is 10.0. The molecule has 3 nitrogen and oxygen atoms in total. The van der Waals surface area contributed by atoms with Crippen molar-refractivity contribution in [3.63, 3.8) is 0 Å². The second kappa shape index (κ2) is 6.41. The molecule has 2 aromatic rings. The van der Waals surface area contributed by atoms with Gasteiger partial charge in [0.05, 0.1) is 17.5 Å². The van der Waals surface area contributed by atoms with Crippen molar-refractivity contribution in [1.82, 2.24) is 0 Å². The molecule has 1 aliphatic heterocycles. The average molecular weight is 318 g/mol. The molecule has 0 aromatic heterocycles. The van der Waals surface area contributed by atoms with Gasteiger partial charge in [-0.1, -0.05) is 31.2 Å². The van der Waals surface area contributed by atoms with Gasteiger partial charge >= 0.3 is 0 Å². The van der Waals surface area contributed by atoms with Crippen LogP contribution in [0.25, 0.3) is 11.1 Å². The summed E-state index contributed by atoms with van der Waals surface area (Å²) >= 11 is 6.36. The van der Waals surface area contributed by atoms with Crippen LogP contribution in [-0.2, 0) is 11.2 Å². The summed E-state index contributed by atoms with van der Waals surface area (Å²) in [5.74, 6) is 0.787. The van der Waals surface area contributed by atoms with Crippen LogP contribution >= 0.6 is 11.6 Å². The lowest BCUT2D eigenvalue weighted by atomic mass is 10.0. The Morgan fingerprint density at radius 1 is 1.23 bits per heavy atom. The molecule has 116 valence electrons. The van der Waals surface area contributed by atoms with Gasteiger partial charge in [-0.2, -0.15) is 0 Å².